The molecule has 0 spiro atoms. The number of nitrogens with one attached hydrogen (secondary N) is 1. The maximum absolute atomic E-state index is 11.7. The predicted molar refractivity (Wildman–Crippen MR) is 64.3 cm³/mol. The molecular weight excluding hydrogens is 204 g/mol. The molecule has 1 aliphatic rings. The largest absolute Gasteiger partial charge is 0.383 e. The van der Waals surface area contributed by atoms with Gasteiger partial charge in [0.15, 0.2) is 0 Å². The number of hydrogen-bond donors (Lipinski definition) is 1. The lowest BCUT2D eigenvalue weighted by atomic mass is 10.2. The number of hydrogen-bond acceptors (Lipinski definition) is 3. The molecule has 0 saturated carbocycles. The number of methoxy groups -OCH3 is 1. The number of carbonyl (C=O) groups is 1. The van der Waals surface area contributed by atoms with E-state index in [-0.39, 0.29) is 11.9 Å². The van der Waals surface area contributed by atoms with Gasteiger partial charge in [0.05, 0.1) is 6.61 Å². The highest BCUT2D eigenvalue weighted by atomic mass is 16.5. The summed E-state index contributed by atoms with van der Waals surface area (Å²) in [5, 5.41) is 3.49. The second-order valence-electron chi connectivity index (χ2n) is 4.77. The average molecular weight is 228 g/mol. The molecule has 0 aromatic rings. The summed E-state index contributed by atoms with van der Waals surface area (Å²) in [6, 6.07) is 0.951. The van der Waals surface area contributed by atoms with Gasteiger partial charge in [0.2, 0.25) is 5.91 Å². The molecule has 0 aromatic carbocycles. The van der Waals surface area contributed by atoms with E-state index < -0.39 is 0 Å². The number of likely N-dealkylation sites (tertiary alicyclic amines) is 1. The van der Waals surface area contributed by atoms with Crippen LogP contribution in [-0.2, 0) is 9.53 Å². The Morgan fingerprint density at radius 1 is 1.56 bits per heavy atom. The van der Waals surface area contributed by atoms with Gasteiger partial charge in [-0.25, -0.2) is 0 Å². The Kier molecular flexibility index (Phi) is 5.22. The molecule has 1 aliphatic heterocycles. The number of amides is 1. The highest BCUT2D eigenvalue weighted by Gasteiger charge is 2.31. The van der Waals surface area contributed by atoms with E-state index in [9.17, 15) is 4.79 Å². The van der Waals surface area contributed by atoms with Crippen LogP contribution < -0.4 is 5.32 Å². The fraction of sp³-hybridized carbons (Fsp3) is 0.917. The molecule has 4 nitrogen and oxygen atoms in total. The molecule has 1 fully saturated rings. The third-order valence-electron chi connectivity index (χ3n) is 3.11. The minimum Gasteiger partial charge on any atom is -0.383 e. The first-order valence-corrected chi connectivity index (χ1v) is 6.12. The molecule has 0 radical (unpaired) electrons. The molecular formula is C12H24N2O2. The smallest absolute Gasteiger partial charge is 0.224 e. The first-order valence-electron chi connectivity index (χ1n) is 6.12. The molecule has 0 aromatic heterocycles. The van der Waals surface area contributed by atoms with Crippen molar-refractivity contribution in [3.8, 4) is 0 Å². The van der Waals surface area contributed by atoms with Crippen LogP contribution in [0, 0.1) is 0 Å². The molecule has 2 unspecified atom stereocenters. The zero-order valence-electron chi connectivity index (χ0n) is 10.8. The van der Waals surface area contributed by atoms with Gasteiger partial charge in [0.1, 0.15) is 0 Å². The summed E-state index contributed by atoms with van der Waals surface area (Å²) in [4.78, 5) is 13.7. The first kappa shape index (κ1) is 13.5. The number of ether oxygens (including phenoxy) is 1. The van der Waals surface area contributed by atoms with Crippen molar-refractivity contribution < 1.29 is 9.53 Å². The molecule has 0 aliphatic carbocycles. The number of rotatable bonds is 6. The number of nitrogens with zero attached hydrogens (tertiary/aromatic N) is 1. The summed E-state index contributed by atoms with van der Waals surface area (Å²) in [6.07, 6.45) is 1.65. The van der Waals surface area contributed by atoms with E-state index >= 15 is 0 Å². The summed E-state index contributed by atoms with van der Waals surface area (Å²) in [6.45, 7) is 7.80. The highest BCUT2D eigenvalue weighted by molar-refractivity contribution is 5.79. The fourth-order valence-corrected chi connectivity index (χ4v) is 2.16. The van der Waals surface area contributed by atoms with Crippen LogP contribution in [0.3, 0.4) is 0 Å². The molecule has 2 atom stereocenters. The van der Waals surface area contributed by atoms with Crippen molar-refractivity contribution in [2.24, 2.45) is 0 Å². The summed E-state index contributed by atoms with van der Waals surface area (Å²) >= 11 is 0. The van der Waals surface area contributed by atoms with Gasteiger partial charge in [-0.2, -0.15) is 0 Å². The molecule has 1 saturated heterocycles. The van der Waals surface area contributed by atoms with Gasteiger partial charge in [0, 0.05) is 38.2 Å². The van der Waals surface area contributed by atoms with Gasteiger partial charge < -0.3 is 15.0 Å². The first-order chi connectivity index (χ1) is 7.58. The summed E-state index contributed by atoms with van der Waals surface area (Å²) in [5.41, 5.74) is 0. The van der Waals surface area contributed by atoms with Crippen molar-refractivity contribution in [1.29, 1.82) is 0 Å². The third kappa shape index (κ3) is 3.46. The van der Waals surface area contributed by atoms with Crippen molar-refractivity contribution in [2.75, 3.05) is 20.3 Å². The third-order valence-corrected chi connectivity index (χ3v) is 3.11. The van der Waals surface area contributed by atoms with Gasteiger partial charge in [0.25, 0.3) is 0 Å². The van der Waals surface area contributed by atoms with E-state index in [4.69, 9.17) is 4.74 Å². The topological polar surface area (TPSA) is 41.6 Å². The van der Waals surface area contributed by atoms with Crippen molar-refractivity contribution in [3.05, 3.63) is 0 Å². The second-order valence-corrected chi connectivity index (χ2v) is 4.77. The Morgan fingerprint density at radius 2 is 2.25 bits per heavy atom. The Bertz CT molecular complexity index is 231. The van der Waals surface area contributed by atoms with E-state index in [0.717, 1.165) is 13.0 Å². The Morgan fingerprint density at radius 3 is 2.69 bits per heavy atom. The lowest BCUT2D eigenvalue weighted by molar-refractivity contribution is -0.129. The Balaban J connectivity index is 2.42. The zero-order valence-corrected chi connectivity index (χ0v) is 10.8. The lowest BCUT2D eigenvalue weighted by Gasteiger charge is -2.23. The predicted octanol–water partition coefficient (Wildman–Crippen LogP) is 1.01. The molecule has 1 heterocycles. The van der Waals surface area contributed by atoms with Gasteiger partial charge in [-0.1, -0.05) is 6.92 Å². The molecule has 0 bridgehead atoms. The van der Waals surface area contributed by atoms with Crippen LogP contribution in [0.25, 0.3) is 0 Å². The van der Waals surface area contributed by atoms with E-state index in [1.807, 2.05) is 4.90 Å². The monoisotopic (exact) mass is 228 g/mol. The van der Waals surface area contributed by atoms with Crippen LogP contribution in [0.2, 0.25) is 0 Å². The quantitative estimate of drug-likeness (QED) is 0.737. The van der Waals surface area contributed by atoms with Gasteiger partial charge in [-0.05, 0) is 20.3 Å². The minimum absolute atomic E-state index is 0.264. The molecule has 4 heteroatoms. The van der Waals surface area contributed by atoms with Crippen LogP contribution in [0.4, 0.5) is 0 Å². The summed E-state index contributed by atoms with van der Waals surface area (Å²) < 4.78 is 5.15. The molecule has 1 rings (SSSR count). The van der Waals surface area contributed by atoms with Gasteiger partial charge in [-0.3, -0.25) is 4.79 Å². The molecule has 1 amide bonds. The van der Waals surface area contributed by atoms with Crippen molar-refractivity contribution in [3.63, 3.8) is 0 Å². The maximum Gasteiger partial charge on any atom is 0.224 e. The van der Waals surface area contributed by atoms with E-state index in [0.29, 0.717) is 25.1 Å². The normalized spacial score (nSPS) is 23.2. The zero-order chi connectivity index (χ0) is 12.1. The van der Waals surface area contributed by atoms with Crippen LogP contribution in [-0.4, -0.2) is 49.2 Å². The summed E-state index contributed by atoms with van der Waals surface area (Å²) in [5.74, 6) is 0.264. The van der Waals surface area contributed by atoms with E-state index in [1.54, 1.807) is 7.11 Å². The SMILES string of the molecule is CCC(COC)NC1CC(=O)N(C(C)C)C1. The Labute approximate surface area is 98.3 Å². The van der Waals surface area contributed by atoms with Crippen LogP contribution in [0.5, 0.6) is 0 Å². The van der Waals surface area contributed by atoms with Crippen molar-refractivity contribution >= 4 is 5.91 Å². The van der Waals surface area contributed by atoms with Gasteiger partial charge >= 0.3 is 0 Å². The average Bonchev–Trinajstić information content (AvgIpc) is 2.59. The lowest BCUT2D eigenvalue weighted by Crippen LogP contribution is -2.42. The molecule has 16 heavy (non-hydrogen) atoms. The van der Waals surface area contributed by atoms with Crippen LogP contribution in [0.15, 0.2) is 0 Å². The van der Waals surface area contributed by atoms with Crippen molar-refractivity contribution in [1.82, 2.24) is 10.2 Å². The summed E-state index contributed by atoms with van der Waals surface area (Å²) in [7, 11) is 1.71. The second kappa shape index (κ2) is 6.21. The number of carbonyl (C=O) groups excluding carboxylic acids is 1. The Hall–Kier alpha value is -0.610. The van der Waals surface area contributed by atoms with E-state index in [2.05, 4.69) is 26.1 Å². The van der Waals surface area contributed by atoms with Crippen LogP contribution in [0.1, 0.15) is 33.6 Å². The standard InChI is InChI=1S/C12H24N2O2/c1-5-10(8-16-4)13-11-6-12(15)14(7-11)9(2)3/h9-11,13H,5-8H2,1-4H3. The highest BCUT2D eigenvalue weighted by Crippen LogP contribution is 2.15. The molecule has 1 N–H and O–H groups in total. The van der Waals surface area contributed by atoms with Crippen molar-refractivity contribution in [2.45, 2.75) is 51.7 Å². The van der Waals surface area contributed by atoms with Gasteiger partial charge in [-0.15, -0.1) is 0 Å². The maximum atomic E-state index is 11.7. The fourth-order valence-electron chi connectivity index (χ4n) is 2.16. The van der Waals surface area contributed by atoms with E-state index in [1.165, 1.54) is 0 Å². The molecule has 94 valence electrons. The van der Waals surface area contributed by atoms with Crippen LogP contribution >= 0.6 is 0 Å². The minimum atomic E-state index is 0.264.